The molecule has 3 heterocycles. The number of carbonyl (C=O) groups excluding carboxylic acids is 1. The molecule has 0 bridgehead atoms. The minimum absolute atomic E-state index is 0.311. The number of Topliss-reactive ketones (excluding diaryl/α,β-unsaturated/α-hetero) is 1. The molecule has 0 radical (unpaired) electrons. The van der Waals surface area contributed by atoms with Gasteiger partial charge in [-0.05, 0) is 29.3 Å². The second-order valence-corrected chi connectivity index (χ2v) is 5.65. The zero-order valence-electron chi connectivity index (χ0n) is 12.8. The Kier molecular flexibility index (Phi) is 4.75. The van der Waals surface area contributed by atoms with E-state index >= 15 is 0 Å². The highest BCUT2D eigenvalue weighted by molar-refractivity contribution is 6.00. The van der Waals surface area contributed by atoms with Crippen molar-refractivity contribution in [3.8, 4) is 11.1 Å². The van der Waals surface area contributed by atoms with Crippen LogP contribution in [0.15, 0.2) is 41.6 Å². The van der Waals surface area contributed by atoms with Crippen molar-refractivity contribution < 1.29 is 30.0 Å². The average Bonchev–Trinajstić information content (AvgIpc) is 2.63. The van der Waals surface area contributed by atoms with E-state index in [4.69, 9.17) is 4.74 Å². The summed E-state index contributed by atoms with van der Waals surface area (Å²) < 4.78 is 4.88. The van der Waals surface area contributed by atoms with Gasteiger partial charge in [0.2, 0.25) is 0 Å². The summed E-state index contributed by atoms with van der Waals surface area (Å²) in [5.74, 6) is -0.922. The minimum atomic E-state index is -1.87. The summed E-state index contributed by atoms with van der Waals surface area (Å²) in [6, 6.07) is 4.67. The van der Waals surface area contributed by atoms with Gasteiger partial charge in [-0.2, -0.15) is 0 Å². The monoisotopic (exact) mass is 348 g/mol. The second kappa shape index (κ2) is 6.82. The number of aromatic nitrogens is 2. The van der Waals surface area contributed by atoms with Crippen molar-refractivity contribution in [3.05, 3.63) is 52.7 Å². The number of aliphatic hydroxyl groups is 4. The van der Waals surface area contributed by atoms with Gasteiger partial charge in [0.25, 0.3) is 5.56 Å². The van der Waals surface area contributed by atoms with Crippen LogP contribution in [0, 0.1) is 0 Å². The molecule has 0 saturated carbocycles. The van der Waals surface area contributed by atoms with Crippen molar-refractivity contribution in [2.45, 2.75) is 30.7 Å². The Morgan fingerprint density at radius 3 is 2.40 bits per heavy atom. The van der Waals surface area contributed by atoms with Crippen molar-refractivity contribution >= 4 is 5.78 Å². The molecule has 9 heteroatoms. The molecule has 3 rings (SSSR count). The zero-order chi connectivity index (χ0) is 18.1. The van der Waals surface area contributed by atoms with Crippen LogP contribution in [0.25, 0.3) is 11.1 Å². The van der Waals surface area contributed by atoms with E-state index in [0.717, 1.165) is 0 Å². The van der Waals surface area contributed by atoms with E-state index in [1.165, 1.54) is 12.3 Å². The Bertz CT molecular complexity index is 823. The molecule has 0 aromatic carbocycles. The fourth-order valence-electron chi connectivity index (χ4n) is 2.61. The summed E-state index contributed by atoms with van der Waals surface area (Å²) >= 11 is 0. The summed E-state index contributed by atoms with van der Waals surface area (Å²) in [5, 5.41) is 38.7. The number of nitrogens with zero attached hydrogens (tertiary/aromatic N) is 1. The van der Waals surface area contributed by atoms with Crippen LogP contribution >= 0.6 is 0 Å². The van der Waals surface area contributed by atoms with Crippen LogP contribution < -0.4 is 5.56 Å². The summed E-state index contributed by atoms with van der Waals surface area (Å²) in [6.07, 6.45) is -4.40. The van der Waals surface area contributed by atoms with Crippen molar-refractivity contribution in [3.63, 3.8) is 0 Å². The predicted molar refractivity (Wildman–Crippen MR) is 83.5 cm³/mol. The number of ether oxygens (including phenoxy) is 1. The molecule has 5 unspecified atom stereocenters. The van der Waals surface area contributed by atoms with Gasteiger partial charge in [-0.3, -0.25) is 14.6 Å². The number of hydrogen-bond donors (Lipinski definition) is 5. The van der Waals surface area contributed by atoms with Crippen molar-refractivity contribution in [2.24, 2.45) is 0 Å². The summed E-state index contributed by atoms with van der Waals surface area (Å²) in [4.78, 5) is 30.9. The quantitative estimate of drug-likeness (QED) is 0.417. The number of nitrogens with one attached hydrogen (secondary N) is 1. The number of hydrogen-bond acceptors (Lipinski definition) is 8. The maximum atomic E-state index is 12.6. The Morgan fingerprint density at radius 2 is 1.72 bits per heavy atom. The third kappa shape index (κ3) is 3.23. The topological polar surface area (TPSA) is 153 Å². The van der Waals surface area contributed by atoms with Crippen LogP contribution in [0.4, 0.5) is 0 Å². The number of rotatable bonds is 3. The van der Waals surface area contributed by atoms with Gasteiger partial charge >= 0.3 is 0 Å². The van der Waals surface area contributed by atoms with E-state index in [0.29, 0.717) is 11.1 Å². The highest BCUT2D eigenvalue weighted by Crippen LogP contribution is 2.23. The molecule has 0 spiro atoms. The number of aromatic amines is 1. The van der Waals surface area contributed by atoms with E-state index in [1.807, 2.05) is 0 Å². The normalized spacial score (nSPS) is 29.4. The fraction of sp³-hybridized carbons (Fsp3) is 0.312. The smallest absolute Gasteiger partial charge is 0.258 e. The maximum Gasteiger partial charge on any atom is 0.258 e. The van der Waals surface area contributed by atoms with Gasteiger partial charge in [-0.25, -0.2) is 0 Å². The Hall–Kier alpha value is -2.43. The molecule has 1 fully saturated rings. The van der Waals surface area contributed by atoms with Crippen LogP contribution in [0.1, 0.15) is 10.4 Å². The maximum absolute atomic E-state index is 12.6. The first-order chi connectivity index (χ1) is 11.9. The Balaban J connectivity index is 1.96. The molecular formula is C16H16N2O7. The molecule has 0 aliphatic carbocycles. The first-order valence-corrected chi connectivity index (χ1v) is 7.45. The van der Waals surface area contributed by atoms with Crippen molar-refractivity contribution in [1.29, 1.82) is 0 Å². The molecule has 0 amide bonds. The molecule has 5 N–H and O–H groups in total. The number of aliphatic hydroxyl groups excluding tert-OH is 4. The lowest BCUT2D eigenvalue weighted by Gasteiger charge is -2.37. The van der Waals surface area contributed by atoms with Crippen LogP contribution in [-0.4, -0.2) is 66.9 Å². The molecule has 2 aromatic rings. The van der Waals surface area contributed by atoms with Crippen LogP contribution in [0.5, 0.6) is 0 Å². The SMILES string of the molecule is O=C(c1cc(-c2ccncc2)c[nH]c1=O)C1OC(O)C(O)C(O)C1O. The first-order valence-electron chi connectivity index (χ1n) is 7.45. The minimum Gasteiger partial charge on any atom is -0.387 e. The van der Waals surface area contributed by atoms with Crippen LogP contribution in [0.3, 0.4) is 0 Å². The van der Waals surface area contributed by atoms with E-state index in [2.05, 4.69) is 9.97 Å². The van der Waals surface area contributed by atoms with Gasteiger partial charge in [0.15, 0.2) is 18.2 Å². The molecule has 5 atom stereocenters. The third-order valence-electron chi connectivity index (χ3n) is 4.03. The Labute approximate surface area is 141 Å². The van der Waals surface area contributed by atoms with Gasteiger partial charge in [0.1, 0.15) is 18.3 Å². The Morgan fingerprint density at radius 1 is 1.04 bits per heavy atom. The average molecular weight is 348 g/mol. The van der Waals surface area contributed by atoms with E-state index < -0.39 is 42.0 Å². The molecule has 1 aliphatic heterocycles. The van der Waals surface area contributed by atoms with Crippen molar-refractivity contribution in [2.75, 3.05) is 0 Å². The summed E-state index contributed by atoms with van der Waals surface area (Å²) in [6.45, 7) is 0. The molecule has 25 heavy (non-hydrogen) atoms. The van der Waals surface area contributed by atoms with Gasteiger partial charge in [-0.15, -0.1) is 0 Å². The second-order valence-electron chi connectivity index (χ2n) is 5.65. The molecule has 1 aliphatic rings. The highest BCUT2D eigenvalue weighted by atomic mass is 16.6. The standard InChI is InChI=1S/C16H16N2O7/c19-10(14-12(21)11(20)13(22)16(24)25-14)9-5-8(6-18-15(9)23)7-1-3-17-4-2-7/h1-6,11-14,16,20-22,24H,(H,18,23). The van der Waals surface area contributed by atoms with Gasteiger partial charge < -0.3 is 30.1 Å². The number of H-pyrrole nitrogens is 1. The lowest BCUT2D eigenvalue weighted by atomic mass is 9.93. The van der Waals surface area contributed by atoms with Crippen LogP contribution in [-0.2, 0) is 4.74 Å². The van der Waals surface area contributed by atoms with E-state index in [1.54, 1.807) is 24.5 Å². The largest absolute Gasteiger partial charge is 0.387 e. The van der Waals surface area contributed by atoms with Gasteiger partial charge in [0, 0.05) is 18.6 Å². The number of pyridine rings is 2. The number of ketones is 1. The summed E-state index contributed by atoms with van der Waals surface area (Å²) in [5.41, 5.74) is 0.195. The lowest BCUT2D eigenvalue weighted by molar-refractivity contribution is -0.269. The lowest BCUT2D eigenvalue weighted by Crippen LogP contribution is -2.60. The molecule has 132 valence electrons. The van der Waals surface area contributed by atoms with Crippen LogP contribution in [0.2, 0.25) is 0 Å². The zero-order valence-corrected chi connectivity index (χ0v) is 12.8. The number of carbonyl (C=O) groups is 1. The van der Waals surface area contributed by atoms with Crippen molar-refractivity contribution in [1.82, 2.24) is 9.97 Å². The van der Waals surface area contributed by atoms with Gasteiger partial charge in [0.05, 0.1) is 5.56 Å². The molecule has 1 saturated heterocycles. The molecule has 9 nitrogen and oxygen atoms in total. The fourth-order valence-corrected chi connectivity index (χ4v) is 2.61. The van der Waals surface area contributed by atoms with Gasteiger partial charge in [-0.1, -0.05) is 0 Å². The third-order valence-corrected chi connectivity index (χ3v) is 4.03. The highest BCUT2D eigenvalue weighted by Gasteiger charge is 2.46. The van der Waals surface area contributed by atoms with E-state index in [-0.39, 0.29) is 5.56 Å². The molecule has 2 aromatic heterocycles. The molecular weight excluding hydrogens is 332 g/mol. The van der Waals surface area contributed by atoms with E-state index in [9.17, 15) is 30.0 Å². The summed E-state index contributed by atoms with van der Waals surface area (Å²) in [7, 11) is 0. The predicted octanol–water partition coefficient (Wildman–Crippen LogP) is -1.58. The first kappa shape index (κ1) is 17.4.